The molecule has 16 heteroatoms. The number of amides is 1. The van der Waals surface area contributed by atoms with Crippen molar-refractivity contribution in [3.8, 4) is 28.8 Å². The van der Waals surface area contributed by atoms with Crippen LogP contribution in [0.2, 0.25) is 5.02 Å². The molecular formula is C45H51ClF3N7O5. The molecule has 2 aliphatic heterocycles. The van der Waals surface area contributed by atoms with Crippen LogP contribution in [0.15, 0.2) is 72.8 Å². The van der Waals surface area contributed by atoms with E-state index in [2.05, 4.69) is 4.90 Å². The Morgan fingerprint density at radius 2 is 1.46 bits per heavy atom. The molecule has 1 amide bonds. The molecule has 0 spiro atoms. The zero-order valence-electron chi connectivity index (χ0n) is 35.3. The van der Waals surface area contributed by atoms with Crippen LogP contribution in [0.25, 0.3) is 22.2 Å². The lowest BCUT2D eigenvalue weighted by atomic mass is 10.0. The van der Waals surface area contributed by atoms with E-state index in [1.165, 1.54) is 12.1 Å². The van der Waals surface area contributed by atoms with Crippen LogP contribution >= 0.6 is 11.6 Å². The number of methoxy groups -OCH3 is 2. The Bertz CT molecular complexity index is 2270. The molecule has 2 aliphatic rings. The molecular weight excluding hydrogens is 811 g/mol. The Morgan fingerprint density at radius 1 is 0.836 bits per heavy atom. The number of hydrogen-bond acceptors (Lipinski definition) is 11. The minimum Gasteiger partial charge on any atom is -0.497 e. The number of rotatable bonds is 12. The quantitative estimate of drug-likeness (QED) is 0.120. The van der Waals surface area contributed by atoms with E-state index < -0.39 is 23.4 Å². The van der Waals surface area contributed by atoms with E-state index >= 15 is 0 Å². The van der Waals surface area contributed by atoms with Gasteiger partial charge in [0.1, 0.15) is 35.3 Å². The van der Waals surface area contributed by atoms with E-state index in [1.54, 1.807) is 25.2 Å². The third-order valence-corrected chi connectivity index (χ3v) is 11.2. The molecule has 2 aromatic heterocycles. The van der Waals surface area contributed by atoms with Crippen LogP contribution in [0.1, 0.15) is 50.3 Å². The molecule has 324 valence electrons. The summed E-state index contributed by atoms with van der Waals surface area (Å²) in [7, 11) is 5.21. The van der Waals surface area contributed by atoms with Crippen molar-refractivity contribution in [1.82, 2.24) is 24.8 Å². The first kappa shape index (κ1) is 43.5. The minimum absolute atomic E-state index is 0.0398. The van der Waals surface area contributed by atoms with Crippen molar-refractivity contribution < 1.29 is 36.9 Å². The second kappa shape index (κ2) is 18.2. The topological polar surface area (TPSA) is 106 Å². The SMILES string of the molecule is COc1ccc(CN(Cc2ccc(OC)cc2)c2ccc(C(F)(F)F)c(-c3cc4nc(OC[C@@H]5CCCN5C)nc(N5CCN(C(=O)OC(C)(C)C)CC5)c4cc3Cl)n2)cc1. The monoisotopic (exact) mass is 861 g/mol. The average Bonchev–Trinajstić information content (AvgIpc) is 3.65. The number of halogens is 4. The highest BCUT2D eigenvalue weighted by Gasteiger charge is 2.36. The Morgan fingerprint density at radius 3 is 2.00 bits per heavy atom. The Hall–Kier alpha value is -5.54. The Balaban J connectivity index is 1.29. The minimum atomic E-state index is -4.76. The molecule has 4 heterocycles. The number of carbonyl (C=O) groups is 1. The van der Waals surface area contributed by atoms with E-state index in [0.717, 1.165) is 36.6 Å². The Labute approximate surface area is 359 Å². The molecule has 0 aliphatic carbocycles. The number of nitrogens with zero attached hydrogens (tertiary/aromatic N) is 7. The van der Waals surface area contributed by atoms with Gasteiger partial charge in [-0.2, -0.15) is 23.1 Å². The zero-order chi connectivity index (χ0) is 43.5. The Kier molecular flexibility index (Phi) is 13.0. The molecule has 0 saturated carbocycles. The van der Waals surface area contributed by atoms with Gasteiger partial charge >= 0.3 is 18.3 Å². The highest BCUT2D eigenvalue weighted by atomic mass is 35.5. The summed E-state index contributed by atoms with van der Waals surface area (Å²) in [6, 6.07) is 20.8. The van der Waals surface area contributed by atoms with Crippen molar-refractivity contribution in [2.45, 2.75) is 64.5 Å². The molecule has 12 nitrogen and oxygen atoms in total. The number of pyridine rings is 1. The number of hydrogen-bond donors (Lipinski definition) is 0. The first-order valence-electron chi connectivity index (χ1n) is 20.2. The molecule has 3 aromatic carbocycles. The van der Waals surface area contributed by atoms with Crippen LogP contribution in [0.5, 0.6) is 17.5 Å². The molecule has 7 rings (SSSR count). The summed E-state index contributed by atoms with van der Waals surface area (Å²) in [5, 5.41) is 0.563. The maximum Gasteiger partial charge on any atom is 0.418 e. The van der Waals surface area contributed by atoms with Gasteiger partial charge in [-0.25, -0.2) is 9.78 Å². The zero-order valence-corrected chi connectivity index (χ0v) is 36.0. The van der Waals surface area contributed by atoms with E-state index in [-0.39, 0.29) is 28.3 Å². The van der Waals surface area contributed by atoms with Crippen molar-refractivity contribution in [3.63, 3.8) is 0 Å². The predicted molar refractivity (Wildman–Crippen MR) is 230 cm³/mol. The number of alkyl halides is 3. The fraction of sp³-hybridized carbons (Fsp3) is 0.422. The van der Waals surface area contributed by atoms with Crippen molar-refractivity contribution in [2.75, 3.05) is 70.4 Å². The number of benzene rings is 3. The molecule has 0 N–H and O–H groups in total. The van der Waals surface area contributed by atoms with Gasteiger partial charge < -0.3 is 38.5 Å². The van der Waals surface area contributed by atoms with Crippen LogP contribution < -0.4 is 24.0 Å². The van der Waals surface area contributed by atoms with Gasteiger partial charge in [0.15, 0.2) is 0 Å². The molecule has 0 radical (unpaired) electrons. The number of piperazine rings is 1. The van der Waals surface area contributed by atoms with Crippen molar-refractivity contribution in [1.29, 1.82) is 0 Å². The smallest absolute Gasteiger partial charge is 0.418 e. The van der Waals surface area contributed by atoms with Gasteiger partial charge in [0, 0.05) is 56.3 Å². The second-order valence-electron chi connectivity index (χ2n) is 16.3. The largest absolute Gasteiger partial charge is 0.497 e. The first-order chi connectivity index (χ1) is 29.1. The van der Waals surface area contributed by atoms with Crippen LogP contribution in [0, 0.1) is 0 Å². The van der Waals surface area contributed by atoms with Crippen molar-refractivity contribution >= 4 is 40.2 Å². The van der Waals surface area contributed by atoms with Crippen molar-refractivity contribution in [3.05, 3.63) is 94.5 Å². The standard InChI is InChI=1S/C45H51ClF3N7O5/c1-44(2,3)61-43(57)55-22-20-54(21-23-55)41-35-24-37(46)34(25-38(35)50-42(52-41)60-28-31-8-7-19-53(31)4)40-36(45(47,48)49)17-18-39(51-40)56(26-29-9-13-32(58-5)14-10-29)27-30-11-15-33(59-6)16-12-30/h9-18,24-25,31H,7-8,19-23,26-28H2,1-6H3/t31-/m0/s1. The number of likely N-dealkylation sites (N-methyl/N-ethyl adjacent to an activating group) is 1. The second-order valence-corrected chi connectivity index (χ2v) is 16.7. The van der Waals surface area contributed by atoms with Gasteiger partial charge in [0.05, 0.1) is 36.0 Å². The fourth-order valence-corrected chi connectivity index (χ4v) is 7.82. The number of likely N-dealkylation sites (tertiary alicyclic amines) is 1. The normalized spacial score (nSPS) is 16.2. The maximum atomic E-state index is 15.0. The third-order valence-electron chi connectivity index (χ3n) is 10.9. The number of carbonyl (C=O) groups excluding carboxylic acids is 1. The molecule has 1 atom stereocenters. The highest BCUT2D eigenvalue weighted by molar-refractivity contribution is 6.34. The van der Waals surface area contributed by atoms with Crippen LogP contribution in [-0.4, -0.2) is 103 Å². The first-order valence-corrected chi connectivity index (χ1v) is 20.6. The number of anilines is 2. The number of ether oxygens (including phenoxy) is 4. The summed E-state index contributed by atoms with van der Waals surface area (Å²) in [5.74, 6) is 2.17. The average molecular weight is 862 g/mol. The summed E-state index contributed by atoms with van der Waals surface area (Å²) >= 11 is 7.02. The third kappa shape index (κ3) is 10.5. The van der Waals surface area contributed by atoms with Gasteiger partial charge in [0.2, 0.25) is 0 Å². The van der Waals surface area contributed by atoms with Gasteiger partial charge in [-0.15, -0.1) is 0 Å². The van der Waals surface area contributed by atoms with Gasteiger partial charge in [-0.1, -0.05) is 35.9 Å². The van der Waals surface area contributed by atoms with Crippen LogP contribution in [0.4, 0.5) is 29.6 Å². The van der Waals surface area contributed by atoms with E-state index in [9.17, 15) is 18.0 Å². The van der Waals surface area contributed by atoms with E-state index in [1.807, 2.05) is 86.1 Å². The lowest BCUT2D eigenvalue weighted by molar-refractivity contribution is -0.137. The highest BCUT2D eigenvalue weighted by Crippen LogP contribution is 2.42. The lowest BCUT2D eigenvalue weighted by Gasteiger charge is -2.36. The summed E-state index contributed by atoms with van der Waals surface area (Å²) < 4.78 is 67.4. The summed E-state index contributed by atoms with van der Waals surface area (Å²) in [6.07, 6.45) is -3.16. The number of aromatic nitrogens is 3. The predicted octanol–water partition coefficient (Wildman–Crippen LogP) is 9.12. The van der Waals surface area contributed by atoms with Crippen LogP contribution in [-0.2, 0) is 24.0 Å². The maximum absolute atomic E-state index is 15.0. The van der Waals surface area contributed by atoms with Gasteiger partial charge in [0.25, 0.3) is 0 Å². The molecule has 0 bridgehead atoms. The summed E-state index contributed by atoms with van der Waals surface area (Å²) in [5.41, 5.74) is 0.256. The van der Waals surface area contributed by atoms with Gasteiger partial charge in [-0.3, -0.25) is 0 Å². The summed E-state index contributed by atoms with van der Waals surface area (Å²) in [4.78, 5) is 35.0. The van der Waals surface area contributed by atoms with Gasteiger partial charge in [-0.05, 0) is 107 Å². The van der Waals surface area contributed by atoms with E-state index in [0.29, 0.717) is 79.9 Å². The molecule has 0 unspecified atom stereocenters. The lowest BCUT2D eigenvalue weighted by Crippen LogP contribution is -2.50. The molecule has 2 saturated heterocycles. The number of fused-ring (bicyclic) bond motifs is 1. The fourth-order valence-electron chi connectivity index (χ4n) is 7.57. The van der Waals surface area contributed by atoms with Crippen LogP contribution in [0.3, 0.4) is 0 Å². The van der Waals surface area contributed by atoms with E-state index in [4.69, 9.17) is 45.5 Å². The molecule has 2 fully saturated rings. The summed E-state index contributed by atoms with van der Waals surface area (Å²) in [6.45, 7) is 8.97. The van der Waals surface area contributed by atoms with Crippen molar-refractivity contribution in [2.24, 2.45) is 0 Å². The molecule has 5 aromatic rings. The molecule has 61 heavy (non-hydrogen) atoms.